The first kappa shape index (κ1) is 17.0. The predicted octanol–water partition coefficient (Wildman–Crippen LogP) is 2.37. The lowest BCUT2D eigenvalue weighted by molar-refractivity contribution is 0.160. The van der Waals surface area contributed by atoms with E-state index in [0.717, 1.165) is 12.1 Å². The van der Waals surface area contributed by atoms with Crippen LogP contribution in [0.2, 0.25) is 0 Å². The zero-order valence-corrected chi connectivity index (χ0v) is 14.7. The molecule has 0 saturated carbocycles. The molecule has 0 aliphatic carbocycles. The predicted molar refractivity (Wildman–Crippen MR) is 93.6 cm³/mol. The summed E-state index contributed by atoms with van der Waals surface area (Å²) in [5.41, 5.74) is 1.01. The Morgan fingerprint density at radius 3 is 2.29 bits per heavy atom. The average molecular weight is 346 g/mol. The highest BCUT2D eigenvalue weighted by Crippen LogP contribution is 2.31. The third kappa shape index (κ3) is 3.31. The number of benzene rings is 2. The molecular formula is C18H22N2O3S. The number of sulfonamides is 1. The Morgan fingerprint density at radius 1 is 1.00 bits per heavy atom. The average Bonchev–Trinajstić information content (AvgIpc) is 2.62. The van der Waals surface area contributed by atoms with Crippen molar-refractivity contribution in [1.29, 1.82) is 0 Å². The molecule has 1 aliphatic rings. The Morgan fingerprint density at radius 2 is 1.67 bits per heavy atom. The van der Waals surface area contributed by atoms with Gasteiger partial charge in [0.05, 0.1) is 18.0 Å². The maximum Gasteiger partial charge on any atom is 0.243 e. The summed E-state index contributed by atoms with van der Waals surface area (Å²) in [6, 6.07) is 16.2. The second-order valence-corrected chi connectivity index (χ2v) is 7.87. The van der Waals surface area contributed by atoms with E-state index in [9.17, 15) is 8.42 Å². The summed E-state index contributed by atoms with van der Waals surface area (Å²) in [6.45, 7) is 1.88. The second-order valence-electron chi connectivity index (χ2n) is 5.98. The van der Waals surface area contributed by atoms with E-state index in [-0.39, 0.29) is 6.04 Å². The fourth-order valence-electron chi connectivity index (χ4n) is 3.02. The molecule has 0 unspecified atom stereocenters. The van der Waals surface area contributed by atoms with E-state index < -0.39 is 10.0 Å². The number of likely N-dealkylation sites (N-methyl/N-ethyl adjacent to an activating group) is 1. The van der Waals surface area contributed by atoms with Gasteiger partial charge in [0.1, 0.15) is 5.75 Å². The highest BCUT2D eigenvalue weighted by molar-refractivity contribution is 7.89. The summed E-state index contributed by atoms with van der Waals surface area (Å²) in [4.78, 5) is 2.46. The second kappa shape index (κ2) is 6.93. The van der Waals surface area contributed by atoms with Gasteiger partial charge >= 0.3 is 0 Å². The third-order valence-corrected chi connectivity index (χ3v) is 6.31. The van der Waals surface area contributed by atoms with Gasteiger partial charge in [-0.25, -0.2) is 8.42 Å². The van der Waals surface area contributed by atoms with Gasteiger partial charge in [-0.2, -0.15) is 4.31 Å². The Bertz CT molecular complexity index is 776. The van der Waals surface area contributed by atoms with Crippen molar-refractivity contribution < 1.29 is 13.2 Å². The highest BCUT2D eigenvalue weighted by atomic mass is 32.2. The Hall–Kier alpha value is -1.89. The van der Waals surface area contributed by atoms with Crippen LogP contribution in [0.25, 0.3) is 0 Å². The van der Waals surface area contributed by atoms with Crippen LogP contribution in [0.4, 0.5) is 0 Å². The van der Waals surface area contributed by atoms with Crippen molar-refractivity contribution in [2.45, 2.75) is 10.9 Å². The number of methoxy groups -OCH3 is 1. The molecule has 0 bridgehead atoms. The lowest BCUT2D eigenvalue weighted by Crippen LogP contribution is -2.49. The van der Waals surface area contributed by atoms with Crippen LogP contribution < -0.4 is 4.74 Å². The normalized spacial score (nSPS) is 20.0. The van der Waals surface area contributed by atoms with Crippen LogP contribution >= 0.6 is 0 Å². The van der Waals surface area contributed by atoms with Crippen LogP contribution in [0.5, 0.6) is 5.75 Å². The number of nitrogens with zero attached hydrogens (tertiary/aromatic N) is 2. The molecule has 2 aromatic rings. The molecule has 128 valence electrons. The molecule has 0 aromatic heterocycles. The van der Waals surface area contributed by atoms with E-state index in [0.29, 0.717) is 23.7 Å². The lowest BCUT2D eigenvalue weighted by atomic mass is 10.1. The Kier molecular flexibility index (Phi) is 4.89. The highest BCUT2D eigenvalue weighted by Gasteiger charge is 2.35. The van der Waals surface area contributed by atoms with Gasteiger partial charge in [-0.1, -0.05) is 30.3 Å². The quantitative estimate of drug-likeness (QED) is 0.853. The molecular weight excluding hydrogens is 324 g/mol. The molecule has 3 rings (SSSR count). The lowest BCUT2D eigenvalue weighted by Gasteiger charge is -2.39. The number of hydrogen-bond acceptors (Lipinski definition) is 4. The summed E-state index contributed by atoms with van der Waals surface area (Å²) in [6.07, 6.45) is 0. The van der Waals surface area contributed by atoms with Crippen LogP contribution in [-0.4, -0.2) is 51.4 Å². The number of piperazine rings is 1. The van der Waals surface area contributed by atoms with Gasteiger partial charge in [-0.15, -0.1) is 0 Å². The van der Waals surface area contributed by atoms with Gasteiger partial charge in [0.25, 0.3) is 0 Å². The minimum Gasteiger partial charge on any atom is -0.497 e. The van der Waals surface area contributed by atoms with Crippen molar-refractivity contribution in [1.82, 2.24) is 9.21 Å². The zero-order chi connectivity index (χ0) is 17.2. The van der Waals surface area contributed by atoms with Crippen molar-refractivity contribution in [2.75, 3.05) is 33.8 Å². The molecule has 0 amide bonds. The molecule has 1 heterocycles. The van der Waals surface area contributed by atoms with Crippen molar-refractivity contribution in [2.24, 2.45) is 0 Å². The minimum absolute atomic E-state index is 0.183. The van der Waals surface area contributed by atoms with Crippen LogP contribution in [0.15, 0.2) is 59.5 Å². The molecule has 0 N–H and O–H groups in total. The van der Waals surface area contributed by atoms with Gasteiger partial charge < -0.3 is 9.64 Å². The molecule has 0 radical (unpaired) electrons. The van der Waals surface area contributed by atoms with Gasteiger partial charge in [-0.3, -0.25) is 0 Å². The molecule has 6 heteroatoms. The standard InChI is InChI=1S/C18H22N2O3S/c1-19-12-13-20(18(14-19)15-6-4-3-5-7-15)24(21,22)17-10-8-16(23-2)9-11-17/h3-11,18H,12-14H2,1-2H3/t18-/m1/s1. The van der Waals surface area contributed by atoms with E-state index in [1.807, 2.05) is 37.4 Å². The number of rotatable bonds is 4. The van der Waals surface area contributed by atoms with E-state index in [2.05, 4.69) is 4.90 Å². The Balaban J connectivity index is 1.97. The first-order valence-electron chi connectivity index (χ1n) is 7.92. The maximum absolute atomic E-state index is 13.1. The van der Waals surface area contributed by atoms with E-state index in [1.165, 1.54) is 0 Å². The minimum atomic E-state index is -3.56. The summed E-state index contributed by atoms with van der Waals surface area (Å²) in [7, 11) is 0.0294. The van der Waals surface area contributed by atoms with Crippen molar-refractivity contribution in [3.63, 3.8) is 0 Å². The summed E-state index contributed by atoms with van der Waals surface area (Å²) in [5, 5.41) is 0. The van der Waals surface area contributed by atoms with Crippen molar-refractivity contribution >= 4 is 10.0 Å². The molecule has 2 aromatic carbocycles. The van der Waals surface area contributed by atoms with Gasteiger partial charge in [0, 0.05) is 19.6 Å². The van der Waals surface area contributed by atoms with Crippen LogP contribution in [0.1, 0.15) is 11.6 Å². The van der Waals surface area contributed by atoms with Crippen LogP contribution in [0.3, 0.4) is 0 Å². The van der Waals surface area contributed by atoms with E-state index in [4.69, 9.17) is 4.74 Å². The fraction of sp³-hybridized carbons (Fsp3) is 0.333. The SMILES string of the molecule is COc1ccc(S(=O)(=O)N2CCN(C)C[C@@H]2c2ccccc2)cc1. The summed E-state index contributed by atoms with van der Waals surface area (Å²) < 4.78 is 33.0. The molecule has 0 spiro atoms. The first-order valence-corrected chi connectivity index (χ1v) is 9.36. The maximum atomic E-state index is 13.1. The van der Waals surface area contributed by atoms with Crippen LogP contribution in [0, 0.1) is 0 Å². The zero-order valence-electron chi connectivity index (χ0n) is 13.9. The smallest absolute Gasteiger partial charge is 0.243 e. The number of hydrogen-bond donors (Lipinski definition) is 0. The monoisotopic (exact) mass is 346 g/mol. The van der Waals surface area contributed by atoms with Gasteiger partial charge in [-0.05, 0) is 36.9 Å². The van der Waals surface area contributed by atoms with Crippen LogP contribution in [-0.2, 0) is 10.0 Å². The van der Waals surface area contributed by atoms with E-state index in [1.54, 1.807) is 35.7 Å². The first-order chi connectivity index (χ1) is 11.5. The van der Waals surface area contributed by atoms with Gasteiger partial charge in [0.2, 0.25) is 10.0 Å². The summed E-state index contributed by atoms with van der Waals surface area (Å²) in [5.74, 6) is 0.645. The molecule has 1 aliphatic heterocycles. The van der Waals surface area contributed by atoms with E-state index >= 15 is 0 Å². The molecule has 1 saturated heterocycles. The Labute approximate surface area is 143 Å². The largest absolute Gasteiger partial charge is 0.497 e. The fourth-order valence-corrected chi connectivity index (χ4v) is 4.62. The third-order valence-electron chi connectivity index (χ3n) is 4.38. The topological polar surface area (TPSA) is 49.9 Å². The number of ether oxygens (including phenoxy) is 1. The van der Waals surface area contributed by atoms with Gasteiger partial charge in [0.15, 0.2) is 0 Å². The molecule has 5 nitrogen and oxygen atoms in total. The molecule has 24 heavy (non-hydrogen) atoms. The summed E-state index contributed by atoms with van der Waals surface area (Å²) >= 11 is 0. The van der Waals surface area contributed by atoms with Crippen molar-refractivity contribution in [3.8, 4) is 5.75 Å². The van der Waals surface area contributed by atoms with Crippen molar-refractivity contribution in [3.05, 3.63) is 60.2 Å². The molecule has 1 atom stereocenters. The molecule has 1 fully saturated rings.